The molecule has 1 rings (SSSR count). The molecule has 0 amide bonds. The summed E-state index contributed by atoms with van der Waals surface area (Å²) in [7, 11) is 1.68. The molecule has 0 spiro atoms. The van der Waals surface area contributed by atoms with Crippen molar-refractivity contribution in [1.29, 1.82) is 0 Å². The van der Waals surface area contributed by atoms with Crippen LogP contribution in [-0.2, 0) is 0 Å². The minimum Gasteiger partial charge on any atom is -0.490 e. The Morgan fingerprint density at radius 2 is 2.25 bits per heavy atom. The lowest BCUT2D eigenvalue weighted by Gasteiger charge is -2.09. The lowest BCUT2D eigenvalue weighted by Crippen LogP contribution is -2.01. The zero-order valence-corrected chi connectivity index (χ0v) is 9.42. The van der Waals surface area contributed by atoms with Crippen LogP contribution in [-0.4, -0.2) is 13.7 Å². The zero-order chi connectivity index (χ0) is 11.8. The van der Waals surface area contributed by atoms with E-state index in [0.29, 0.717) is 12.3 Å². The van der Waals surface area contributed by atoms with Gasteiger partial charge >= 0.3 is 0 Å². The number of benzene rings is 1. The van der Waals surface area contributed by atoms with E-state index >= 15 is 0 Å². The smallest absolute Gasteiger partial charge is 0.188 e. The van der Waals surface area contributed by atoms with Gasteiger partial charge in [0.25, 0.3) is 0 Å². The second kappa shape index (κ2) is 6.73. The zero-order valence-electron chi connectivity index (χ0n) is 9.42. The van der Waals surface area contributed by atoms with Crippen LogP contribution in [0.25, 0.3) is 0 Å². The van der Waals surface area contributed by atoms with E-state index in [4.69, 9.17) is 11.2 Å². The number of terminal acetylenes is 1. The van der Waals surface area contributed by atoms with Gasteiger partial charge in [-0.3, -0.25) is 0 Å². The summed E-state index contributed by atoms with van der Waals surface area (Å²) in [5.41, 5.74) is 0.445. The molecule has 0 aliphatic carbocycles. The van der Waals surface area contributed by atoms with Crippen LogP contribution in [0.15, 0.2) is 18.2 Å². The molecule has 1 aromatic rings. The predicted octanol–water partition coefficient (Wildman–Crippen LogP) is 3.05. The summed E-state index contributed by atoms with van der Waals surface area (Å²) in [6.07, 6.45) is 7.61. The number of nitrogens with one attached hydrogen (secondary N) is 1. The Kier molecular flexibility index (Phi) is 5.21. The van der Waals surface area contributed by atoms with E-state index < -0.39 is 0 Å². The summed E-state index contributed by atoms with van der Waals surface area (Å²) in [5.74, 6) is 2.50. The van der Waals surface area contributed by atoms with Crippen molar-refractivity contribution < 1.29 is 9.13 Å². The van der Waals surface area contributed by atoms with Crippen LogP contribution < -0.4 is 10.1 Å². The van der Waals surface area contributed by atoms with Crippen molar-refractivity contribution in [1.82, 2.24) is 0 Å². The van der Waals surface area contributed by atoms with Gasteiger partial charge in [0.2, 0.25) is 0 Å². The molecule has 0 fully saturated rings. The Morgan fingerprint density at radius 3 is 2.94 bits per heavy atom. The molecule has 0 radical (unpaired) electrons. The van der Waals surface area contributed by atoms with Crippen LogP contribution in [0, 0.1) is 18.2 Å². The van der Waals surface area contributed by atoms with Gasteiger partial charge in [0.1, 0.15) is 0 Å². The number of unbranched alkanes of at least 4 members (excludes halogenated alkanes) is 2. The van der Waals surface area contributed by atoms with E-state index in [1.807, 2.05) is 0 Å². The van der Waals surface area contributed by atoms with Gasteiger partial charge in [0.15, 0.2) is 11.6 Å². The minimum atomic E-state index is -0.345. The number of hydrogen-bond donors (Lipinski definition) is 1. The molecule has 16 heavy (non-hydrogen) atoms. The number of ether oxygens (including phenoxy) is 1. The summed E-state index contributed by atoms with van der Waals surface area (Å²) in [5, 5.41) is 2.76. The quantitative estimate of drug-likeness (QED) is 0.589. The lowest BCUT2D eigenvalue weighted by atomic mass is 10.2. The van der Waals surface area contributed by atoms with Crippen LogP contribution >= 0.6 is 0 Å². The molecular weight excluding hydrogens is 205 g/mol. The molecule has 0 bridgehead atoms. The molecule has 2 nitrogen and oxygen atoms in total. The highest BCUT2D eigenvalue weighted by Gasteiger charge is 2.06. The van der Waals surface area contributed by atoms with E-state index in [9.17, 15) is 4.39 Å². The summed E-state index contributed by atoms with van der Waals surface area (Å²) >= 11 is 0. The number of rotatable bonds is 6. The van der Waals surface area contributed by atoms with Gasteiger partial charge in [-0.1, -0.05) is 6.07 Å². The molecule has 0 unspecified atom stereocenters. The standard InChI is InChI=1S/C13H16FNO/c1-3-4-5-6-10-16-12-9-7-8-11(15-2)13(12)14/h1,7-9,15H,4-6,10H2,2H3. The Balaban J connectivity index is 2.45. The average Bonchev–Trinajstić information content (AvgIpc) is 2.31. The lowest BCUT2D eigenvalue weighted by molar-refractivity contribution is 0.293. The second-order valence-corrected chi connectivity index (χ2v) is 3.38. The molecule has 1 N–H and O–H groups in total. The van der Waals surface area contributed by atoms with Gasteiger partial charge in [-0.25, -0.2) is 4.39 Å². The fourth-order valence-electron chi connectivity index (χ4n) is 1.33. The van der Waals surface area contributed by atoms with Gasteiger partial charge in [0.05, 0.1) is 12.3 Å². The monoisotopic (exact) mass is 221 g/mol. The van der Waals surface area contributed by atoms with E-state index in [1.165, 1.54) is 0 Å². The first-order valence-electron chi connectivity index (χ1n) is 5.32. The molecule has 0 atom stereocenters. The third-order valence-electron chi connectivity index (χ3n) is 2.21. The predicted molar refractivity (Wildman–Crippen MR) is 64.1 cm³/mol. The number of hydrogen-bond acceptors (Lipinski definition) is 2. The van der Waals surface area contributed by atoms with E-state index in [2.05, 4.69) is 11.2 Å². The maximum atomic E-state index is 13.6. The Labute approximate surface area is 95.8 Å². The molecule has 3 heteroatoms. The fourth-order valence-corrected chi connectivity index (χ4v) is 1.33. The van der Waals surface area contributed by atoms with Gasteiger partial charge in [0, 0.05) is 13.5 Å². The molecule has 0 saturated heterocycles. The first kappa shape index (κ1) is 12.4. The number of halogens is 1. The first-order valence-corrected chi connectivity index (χ1v) is 5.32. The maximum Gasteiger partial charge on any atom is 0.188 e. The van der Waals surface area contributed by atoms with Crippen LogP contribution in [0.4, 0.5) is 10.1 Å². The van der Waals surface area contributed by atoms with E-state index in [-0.39, 0.29) is 11.6 Å². The van der Waals surface area contributed by atoms with Crippen molar-refractivity contribution in [2.24, 2.45) is 0 Å². The van der Waals surface area contributed by atoms with Crippen molar-refractivity contribution in [2.75, 3.05) is 19.0 Å². The molecule has 0 saturated carbocycles. The van der Waals surface area contributed by atoms with Crippen molar-refractivity contribution in [3.8, 4) is 18.1 Å². The van der Waals surface area contributed by atoms with E-state index in [0.717, 1.165) is 19.3 Å². The van der Waals surface area contributed by atoms with Crippen LogP contribution in [0.1, 0.15) is 19.3 Å². The summed E-state index contributed by atoms with van der Waals surface area (Å²) in [6.45, 7) is 0.492. The maximum absolute atomic E-state index is 13.6. The second-order valence-electron chi connectivity index (χ2n) is 3.38. The third-order valence-corrected chi connectivity index (χ3v) is 2.21. The van der Waals surface area contributed by atoms with Gasteiger partial charge in [-0.05, 0) is 25.0 Å². The van der Waals surface area contributed by atoms with Crippen molar-refractivity contribution in [3.63, 3.8) is 0 Å². The van der Waals surface area contributed by atoms with Gasteiger partial charge in [-0.15, -0.1) is 12.3 Å². The Hall–Kier alpha value is -1.69. The summed E-state index contributed by atoms with van der Waals surface area (Å²) < 4.78 is 19.0. The molecule has 1 aromatic carbocycles. The third kappa shape index (κ3) is 3.47. The summed E-state index contributed by atoms with van der Waals surface area (Å²) in [6, 6.07) is 5.05. The minimum absolute atomic E-state index is 0.285. The molecule has 0 heterocycles. The molecule has 86 valence electrons. The molecular formula is C13H16FNO. The summed E-state index contributed by atoms with van der Waals surface area (Å²) in [4.78, 5) is 0. The highest BCUT2D eigenvalue weighted by Crippen LogP contribution is 2.24. The average molecular weight is 221 g/mol. The molecule has 0 aromatic heterocycles. The highest BCUT2D eigenvalue weighted by atomic mass is 19.1. The largest absolute Gasteiger partial charge is 0.490 e. The highest BCUT2D eigenvalue weighted by molar-refractivity contribution is 5.49. The fraction of sp³-hybridized carbons (Fsp3) is 0.385. The Bertz CT molecular complexity index is 371. The first-order chi connectivity index (χ1) is 7.79. The van der Waals surface area contributed by atoms with Crippen LogP contribution in [0.5, 0.6) is 5.75 Å². The van der Waals surface area contributed by atoms with Crippen molar-refractivity contribution in [3.05, 3.63) is 24.0 Å². The molecule has 0 aliphatic rings. The van der Waals surface area contributed by atoms with Crippen LogP contribution in [0.3, 0.4) is 0 Å². The number of anilines is 1. The topological polar surface area (TPSA) is 21.3 Å². The van der Waals surface area contributed by atoms with Gasteiger partial charge < -0.3 is 10.1 Å². The normalized spacial score (nSPS) is 9.56. The SMILES string of the molecule is C#CCCCCOc1cccc(NC)c1F. The van der Waals surface area contributed by atoms with E-state index in [1.54, 1.807) is 25.2 Å². The molecule has 0 aliphatic heterocycles. The van der Waals surface area contributed by atoms with Gasteiger partial charge in [-0.2, -0.15) is 0 Å². The van der Waals surface area contributed by atoms with Crippen LogP contribution in [0.2, 0.25) is 0 Å². The van der Waals surface area contributed by atoms with Crippen molar-refractivity contribution >= 4 is 5.69 Å². The van der Waals surface area contributed by atoms with Crippen molar-refractivity contribution in [2.45, 2.75) is 19.3 Å². The Morgan fingerprint density at radius 1 is 1.44 bits per heavy atom.